The van der Waals surface area contributed by atoms with Crippen LogP contribution in [0.25, 0.3) is 5.69 Å². The fourth-order valence-corrected chi connectivity index (χ4v) is 5.31. The maximum Gasteiger partial charge on any atom is 0.174 e. The molecule has 5 nitrogen and oxygen atoms in total. The molecule has 35 heavy (non-hydrogen) atoms. The van der Waals surface area contributed by atoms with Crippen molar-refractivity contribution in [2.24, 2.45) is 0 Å². The maximum atomic E-state index is 14.1. The normalized spacial score (nSPS) is 17.5. The van der Waals surface area contributed by atoms with Crippen LogP contribution in [0.3, 0.4) is 0 Å². The summed E-state index contributed by atoms with van der Waals surface area (Å²) in [5, 5.41) is 4.18. The molecule has 5 rings (SSSR count). The Hall–Kier alpha value is -3.71. The summed E-state index contributed by atoms with van der Waals surface area (Å²) in [5.74, 6) is -0.255. The number of thiocarbonyl (C=S) groups is 1. The van der Waals surface area contributed by atoms with E-state index in [0.29, 0.717) is 5.11 Å². The molecule has 2 atom stereocenters. The maximum absolute atomic E-state index is 14.1. The van der Waals surface area contributed by atoms with Gasteiger partial charge in [-0.1, -0.05) is 12.1 Å². The van der Waals surface area contributed by atoms with Gasteiger partial charge in [-0.3, -0.25) is 4.98 Å². The van der Waals surface area contributed by atoms with Crippen LogP contribution >= 0.6 is 12.2 Å². The zero-order chi connectivity index (χ0) is 24.7. The summed E-state index contributed by atoms with van der Waals surface area (Å²) in [6.07, 6.45) is 1.81. The van der Waals surface area contributed by atoms with Gasteiger partial charge in [-0.05, 0) is 92.3 Å². The highest BCUT2D eigenvalue weighted by molar-refractivity contribution is 7.80. The van der Waals surface area contributed by atoms with Gasteiger partial charge in [-0.15, -0.1) is 0 Å². The highest BCUT2D eigenvalue weighted by Crippen LogP contribution is 2.44. The van der Waals surface area contributed by atoms with E-state index in [9.17, 15) is 4.39 Å². The Morgan fingerprint density at radius 2 is 1.71 bits per heavy atom. The number of rotatable bonds is 5. The molecule has 0 radical (unpaired) electrons. The second-order valence-electron chi connectivity index (χ2n) is 9.05. The van der Waals surface area contributed by atoms with Crippen molar-refractivity contribution in [3.63, 3.8) is 0 Å². The van der Waals surface area contributed by atoms with Gasteiger partial charge in [0.1, 0.15) is 5.82 Å². The molecule has 2 aromatic heterocycles. The first kappa shape index (κ1) is 23.1. The highest BCUT2D eigenvalue weighted by Gasteiger charge is 2.42. The summed E-state index contributed by atoms with van der Waals surface area (Å²) in [6.45, 7) is 4.13. The van der Waals surface area contributed by atoms with E-state index in [1.165, 1.54) is 6.07 Å². The van der Waals surface area contributed by atoms with Crippen molar-refractivity contribution in [3.8, 4) is 5.69 Å². The van der Waals surface area contributed by atoms with E-state index >= 15 is 0 Å². The molecule has 0 saturated carbocycles. The molecule has 2 aromatic carbocycles. The number of nitrogens with one attached hydrogen (secondary N) is 1. The lowest BCUT2D eigenvalue weighted by atomic mass is 9.96. The number of nitrogens with zero attached hydrogens (tertiary/aromatic N) is 4. The number of aromatic nitrogens is 2. The first-order chi connectivity index (χ1) is 16.8. The van der Waals surface area contributed by atoms with Crippen LogP contribution in [0.15, 0.2) is 79.0 Å². The van der Waals surface area contributed by atoms with Crippen molar-refractivity contribution in [1.82, 2.24) is 14.9 Å². The molecule has 4 aromatic rings. The predicted molar refractivity (Wildman–Crippen MR) is 144 cm³/mol. The Labute approximate surface area is 210 Å². The van der Waals surface area contributed by atoms with E-state index in [0.717, 1.165) is 39.7 Å². The van der Waals surface area contributed by atoms with Crippen molar-refractivity contribution < 1.29 is 4.39 Å². The van der Waals surface area contributed by atoms with Crippen LogP contribution in [0.1, 0.15) is 34.7 Å². The van der Waals surface area contributed by atoms with E-state index < -0.39 is 0 Å². The standard InChI is InChI=1S/C28H28FN5S/c1-18-16-24(19(2)33(18)23-9-7-8-20(29)17-23)27-26(25-10-5-6-15-30-25)31-28(35)34(27)22-13-11-21(12-14-22)32(3)4/h5-17,26-27H,1-4H3,(H,31,35)/t26-,27-/m1/s1. The van der Waals surface area contributed by atoms with Crippen molar-refractivity contribution in [2.45, 2.75) is 25.9 Å². The van der Waals surface area contributed by atoms with Gasteiger partial charge in [0.2, 0.25) is 0 Å². The molecule has 1 N–H and O–H groups in total. The molecule has 7 heteroatoms. The van der Waals surface area contributed by atoms with Crippen molar-refractivity contribution in [3.05, 3.63) is 107 Å². The molecule has 0 unspecified atom stereocenters. The lowest BCUT2D eigenvalue weighted by Gasteiger charge is -2.28. The van der Waals surface area contributed by atoms with E-state index in [-0.39, 0.29) is 17.9 Å². The molecular weight excluding hydrogens is 457 g/mol. The van der Waals surface area contributed by atoms with Gasteiger partial charge in [0.25, 0.3) is 0 Å². The minimum absolute atomic E-state index is 0.129. The minimum atomic E-state index is -0.255. The topological polar surface area (TPSA) is 36.3 Å². The van der Waals surface area contributed by atoms with E-state index in [1.54, 1.807) is 12.1 Å². The molecule has 0 aliphatic carbocycles. The largest absolute Gasteiger partial charge is 0.378 e. The van der Waals surface area contributed by atoms with Gasteiger partial charge in [0, 0.05) is 48.7 Å². The molecular formula is C28H28FN5S. The number of pyridine rings is 1. The molecule has 1 fully saturated rings. The lowest BCUT2D eigenvalue weighted by molar-refractivity contribution is 0.565. The summed E-state index contributed by atoms with van der Waals surface area (Å²) in [5.41, 5.74) is 7.04. The van der Waals surface area contributed by atoms with Crippen LogP contribution in [0.4, 0.5) is 15.8 Å². The first-order valence-electron chi connectivity index (χ1n) is 11.6. The Morgan fingerprint density at radius 1 is 0.943 bits per heavy atom. The van der Waals surface area contributed by atoms with Gasteiger partial charge in [-0.25, -0.2) is 4.39 Å². The summed E-state index contributed by atoms with van der Waals surface area (Å²) in [7, 11) is 4.05. The van der Waals surface area contributed by atoms with Crippen LogP contribution in [-0.2, 0) is 0 Å². The Kier molecular flexibility index (Phi) is 6.03. The van der Waals surface area contributed by atoms with Crippen LogP contribution in [0.2, 0.25) is 0 Å². The van der Waals surface area contributed by atoms with Crippen LogP contribution in [0, 0.1) is 19.7 Å². The summed E-state index contributed by atoms with van der Waals surface area (Å²) >= 11 is 5.87. The van der Waals surface area contributed by atoms with Crippen LogP contribution in [0.5, 0.6) is 0 Å². The number of anilines is 2. The second kappa shape index (κ2) is 9.15. The van der Waals surface area contributed by atoms with Gasteiger partial charge >= 0.3 is 0 Å². The summed E-state index contributed by atoms with van der Waals surface area (Å²) in [4.78, 5) is 8.90. The number of hydrogen-bond acceptors (Lipinski definition) is 3. The lowest BCUT2D eigenvalue weighted by Crippen LogP contribution is -2.29. The van der Waals surface area contributed by atoms with Crippen LogP contribution < -0.4 is 15.1 Å². The number of benzene rings is 2. The average Bonchev–Trinajstić information content (AvgIpc) is 3.34. The Balaban J connectivity index is 1.66. The number of halogens is 1. The monoisotopic (exact) mass is 485 g/mol. The molecule has 178 valence electrons. The fraction of sp³-hybridized carbons (Fsp3) is 0.214. The van der Waals surface area contributed by atoms with Gasteiger partial charge in [0.15, 0.2) is 5.11 Å². The van der Waals surface area contributed by atoms with Crippen molar-refractivity contribution in [1.29, 1.82) is 0 Å². The van der Waals surface area contributed by atoms with Crippen LogP contribution in [-0.4, -0.2) is 28.8 Å². The van der Waals surface area contributed by atoms with Crippen molar-refractivity contribution >= 4 is 28.7 Å². The third-order valence-corrected chi connectivity index (χ3v) is 6.91. The third-order valence-electron chi connectivity index (χ3n) is 6.60. The number of aryl methyl sites for hydroxylation is 1. The Bertz CT molecular complexity index is 1360. The summed E-state index contributed by atoms with van der Waals surface area (Å²) < 4.78 is 16.2. The molecule has 0 spiro atoms. The quantitative estimate of drug-likeness (QED) is 0.358. The second-order valence-corrected chi connectivity index (χ2v) is 9.44. The first-order valence-corrected chi connectivity index (χ1v) is 12.0. The third kappa shape index (κ3) is 4.17. The minimum Gasteiger partial charge on any atom is -0.378 e. The number of hydrogen-bond donors (Lipinski definition) is 1. The Morgan fingerprint density at radius 3 is 2.37 bits per heavy atom. The van der Waals surface area contributed by atoms with E-state index in [1.807, 2.05) is 51.5 Å². The molecule has 3 heterocycles. The summed E-state index contributed by atoms with van der Waals surface area (Å²) in [6, 6.07) is 22.9. The van der Waals surface area contributed by atoms with Crippen molar-refractivity contribution in [2.75, 3.05) is 23.9 Å². The molecule has 1 saturated heterocycles. The molecule has 0 amide bonds. The van der Waals surface area contributed by atoms with E-state index in [2.05, 4.69) is 61.9 Å². The zero-order valence-electron chi connectivity index (χ0n) is 20.2. The van der Waals surface area contributed by atoms with E-state index in [4.69, 9.17) is 12.2 Å². The van der Waals surface area contributed by atoms with Gasteiger partial charge < -0.3 is 19.7 Å². The molecule has 1 aliphatic rings. The molecule has 0 bridgehead atoms. The average molecular weight is 486 g/mol. The SMILES string of the molecule is Cc1cc([C@@H]2[C@@H](c3ccccn3)NC(=S)N2c2ccc(N(C)C)cc2)c(C)n1-c1cccc(F)c1. The fourth-order valence-electron chi connectivity index (χ4n) is 4.96. The highest BCUT2D eigenvalue weighted by atomic mass is 32.1. The van der Waals surface area contributed by atoms with Gasteiger partial charge in [-0.2, -0.15) is 0 Å². The van der Waals surface area contributed by atoms with Gasteiger partial charge in [0.05, 0.1) is 17.8 Å². The predicted octanol–water partition coefficient (Wildman–Crippen LogP) is 5.87. The smallest absolute Gasteiger partial charge is 0.174 e. The molecule has 1 aliphatic heterocycles. The zero-order valence-corrected chi connectivity index (χ0v) is 21.1.